The van der Waals surface area contributed by atoms with E-state index in [9.17, 15) is 14.7 Å². The molecular formula is C19H16O5. The summed E-state index contributed by atoms with van der Waals surface area (Å²) in [5.74, 6) is -1.08. The highest BCUT2D eigenvalue weighted by Crippen LogP contribution is 2.31. The molecule has 0 bridgehead atoms. The number of benzene rings is 2. The summed E-state index contributed by atoms with van der Waals surface area (Å²) in [7, 11) is 0. The first kappa shape index (κ1) is 15.8. The van der Waals surface area contributed by atoms with Crippen LogP contribution in [0.4, 0.5) is 0 Å². The Morgan fingerprint density at radius 2 is 1.88 bits per heavy atom. The zero-order chi connectivity index (χ0) is 17.3. The molecule has 0 fully saturated rings. The Morgan fingerprint density at radius 3 is 2.58 bits per heavy atom. The van der Waals surface area contributed by atoms with Gasteiger partial charge in [0.15, 0.2) is 5.76 Å². The van der Waals surface area contributed by atoms with Crippen LogP contribution in [0, 0.1) is 6.92 Å². The zero-order valence-corrected chi connectivity index (χ0v) is 13.1. The molecule has 0 amide bonds. The summed E-state index contributed by atoms with van der Waals surface area (Å²) in [6.45, 7) is 1.83. The van der Waals surface area contributed by atoms with Crippen LogP contribution in [0.2, 0.25) is 0 Å². The molecule has 0 unspecified atom stereocenters. The number of phenols is 1. The standard InChI is InChI=1S/C19H16O5/c1-11-4-2-3-5-13(11)18(23)19-15(8-9-17(21)22)14-7-6-12(20)10-16(14)24-19/h2-7,10,20H,8-9H2,1H3,(H,21,22). The Morgan fingerprint density at radius 1 is 1.12 bits per heavy atom. The van der Waals surface area contributed by atoms with E-state index in [0.717, 1.165) is 5.56 Å². The van der Waals surface area contributed by atoms with Gasteiger partial charge in [0.1, 0.15) is 11.3 Å². The molecule has 24 heavy (non-hydrogen) atoms. The number of rotatable bonds is 5. The lowest BCUT2D eigenvalue weighted by molar-refractivity contribution is -0.136. The van der Waals surface area contributed by atoms with Gasteiger partial charge in [-0.1, -0.05) is 24.3 Å². The molecule has 0 aliphatic rings. The molecule has 0 saturated carbocycles. The van der Waals surface area contributed by atoms with Crippen LogP contribution in [0.5, 0.6) is 5.75 Å². The van der Waals surface area contributed by atoms with E-state index in [2.05, 4.69) is 0 Å². The highest BCUT2D eigenvalue weighted by atomic mass is 16.4. The number of aliphatic carboxylic acids is 1. The second-order valence-electron chi connectivity index (χ2n) is 5.63. The van der Waals surface area contributed by atoms with Gasteiger partial charge in [0.2, 0.25) is 5.78 Å². The fourth-order valence-corrected chi connectivity index (χ4v) is 2.75. The normalized spacial score (nSPS) is 10.9. The topological polar surface area (TPSA) is 87.7 Å². The smallest absolute Gasteiger partial charge is 0.303 e. The molecule has 2 aromatic carbocycles. The summed E-state index contributed by atoms with van der Waals surface area (Å²) in [6, 6.07) is 11.7. The van der Waals surface area contributed by atoms with Gasteiger partial charge in [0, 0.05) is 29.0 Å². The minimum atomic E-state index is -0.947. The van der Waals surface area contributed by atoms with Crippen LogP contribution in [-0.2, 0) is 11.2 Å². The summed E-state index contributed by atoms with van der Waals surface area (Å²) in [5.41, 5.74) is 2.25. The maximum Gasteiger partial charge on any atom is 0.303 e. The molecular weight excluding hydrogens is 308 g/mol. The third-order valence-corrected chi connectivity index (χ3v) is 3.96. The van der Waals surface area contributed by atoms with Crippen LogP contribution in [0.15, 0.2) is 46.9 Å². The molecule has 3 rings (SSSR count). The number of ketones is 1. The molecule has 1 heterocycles. The molecule has 0 aliphatic heterocycles. The maximum atomic E-state index is 12.9. The number of carbonyl (C=O) groups excluding carboxylic acids is 1. The minimum absolute atomic E-state index is 0.0240. The molecule has 1 aromatic heterocycles. The van der Waals surface area contributed by atoms with Crippen molar-refractivity contribution in [2.24, 2.45) is 0 Å². The van der Waals surface area contributed by atoms with Gasteiger partial charge in [-0.2, -0.15) is 0 Å². The number of fused-ring (bicyclic) bond motifs is 1. The minimum Gasteiger partial charge on any atom is -0.508 e. The molecule has 5 heteroatoms. The molecule has 3 aromatic rings. The molecule has 0 saturated heterocycles. The molecule has 2 N–H and O–H groups in total. The highest BCUT2D eigenvalue weighted by Gasteiger charge is 2.23. The Balaban J connectivity index is 2.15. The molecule has 0 radical (unpaired) electrons. The molecule has 0 atom stereocenters. The number of furan rings is 1. The van der Waals surface area contributed by atoms with Crippen LogP contribution >= 0.6 is 0 Å². The molecule has 0 spiro atoms. The predicted octanol–water partition coefficient (Wildman–Crippen LogP) is 3.70. The second-order valence-corrected chi connectivity index (χ2v) is 5.63. The fourth-order valence-electron chi connectivity index (χ4n) is 2.75. The van der Waals surface area contributed by atoms with Crippen molar-refractivity contribution >= 4 is 22.7 Å². The SMILES string of the molecule is Cc1ccccc1C(=O)c1oc2cc(O)ccc2c1CCC(=O)O. The van der Waals surface area contributed by atoms with E-state index in [4.69, 9.17) is 9.52 Å². The van der Waals surface area contributed by atoms with Crippen molar-refractivity contribution in [1.82, 2.24) is 0 Å². The van der Waals surface area contributed by atoms with Gasteiger partial charge in [-0.15, -0.1) is 0 Å². The number of hydrogen-bond donors (Lipinski definition) is 2. The lowest BCUT2D eigenvalue weighted by atomic mass is 9.98. The van der Waals surface area contributed by atoms with Crippen molar-refractivity contribution in [3.63, 3.8) is 0 Å². The van der Waals surface area contributed by atoms with E-state index in [1.807, 2.05) is 19.1 Å². The molecule has 5 nitrogen and oxygen atoms in total. The highest BCUT2D eigenvalue weighted by molar-refractivity contribution is 6.11. The van der Waals surface area contributed by atoms with Gasteiger partial charge >= 0.3 is 5.97 Å². The van der Waals surface area contributed by atoms with Crippen LogP contribution in [-0.4, -0.2) is 22.0 Å². The monoisotopic (exact) mass is 324 g/mol. The third-order valence-electron chi connectivity index (χ3n) is 3.96. The molecule has 122 valence electrons. The van der Waals surface area contributed by atoms with Crippen molar-refractivity contribution in [1.29, 1.82) is 0 Å². The van der Waals surface area contributed by atoms with Gasteiger partial charge in [-0.25, -0.2) is 0 Å². The van der Waals surface area contributed by atoms with Crippen molar-refractivity contribution in [2.75, 3.05) is 0 Å². The van der Waals surface area contributed by atoms with Gasteiger partial charge < -0.3 is 14.6 Å². The van der Waals surface area contributed by atoms with Crippen molar-refractivity contribution in [2.45, 2.75) is 19.8 Å². The third kappa shape index (κ3) is 2.88. The van der Waals surface area contributed by atoms with Gasteiger partial charge in [-0.05, 0) is 31.0 Å². The number of aryl methyl sites for hydroxylation is 2. The number of carboxylic acids is 1. The summed E-state index contributed by atoms with van der Waals surface area (Å²) in [4.78, 5) is 23.8. The first-order chi connectivity index (χ1) is 11.5. The fraction of sp³-hybridized carbons (Fsp3) is 0.158. The number of carboxylic acid groups (broad SMARTS) is 1. The van der Waals surface area contributed by atoms with Crippen molar-refractivity contribution in [3.05, 3.63) is 64.9 Å². The average molecular weight is 324 g/mol. The Kier molecular flexibility index (Phi) is 4.08. The lowest BCUT2D eigenvalue weighted by Crippen LogP contribution is -2.06. The lowest BCUT2D eigenvalue weighted by Gasteiger charge is -2.04. The van der Waals surface area contributed by atoms with E-state index in [1.165, 1.54) is 12.1 Å². The van der Waals surface area contributed by atoms with E-state index in [1.54, 1.807) is 18.2 Å². The van der Waals surface area contributed by atoms with Crippen molar-refractivity contribution < 1.29 is 24.2 Å². The van der Waals surface area contributed by atoms with Crippen LogP contribution in [0.1, 0.15) is 33.7 Å². The zero-order valence-electron chi connectivity index (χ0n) is 13.1. The first-order valence-corrected chi connectivity index (χ1v) is 7.54. The quantitative estimate of drug-likeness (QED) is 0.699. The van der Waals surface area contributed by atoms with Crippen LogP contribution < -0.4 is 0 Å². The summed E-state index contributed by atoms with van der Waals surface area (Å²) < 4.78 is 5.68. The van der Waals surface area contributed by atoms with Gasteiger partial charge in [-0.3, -0.25) is 9.59 Å². The van der Waals surface area contributed by atoms with Crippen LogP contribution in [0.3, 0.4) is 0 Å². The summed E-state index contributed by atoms with van der Waals surface area (Å²) in [5, 5.41) is 19.2. The Bertz CT molecular complexity index is 936. The number of phenolic OH excluding ortho intramolecular Hbond substituents is 1. The van der Waals surface area contributed by atoms with E-state index in [-0.39, 0.29) is 30.1 Å². The predicted molar refractivity (Wildman–Crippen MR) is 88.4 cm³/mol. The second kappa shape index (κ2) is 6.20. The van der Waals surface area contributed by atoms with Gasteiger partial charge in [0.05, 0.1) is 0 Å². The summed E-state index contributed by atoms with van der Waals surface area (Å²) in [6.07, 6.45) is 0.0730. The van der Waals surface area contributed by atoms with Crippen LogP contribution in [0.25, 0.3) is 11.0 Å². The summed E-state index contributed by atoms with van der Waals surface area (Å²) >= 11 is 0. The number of hydrogen-bond acceptors (Lipinski definition) is 4. The van der Waals surface area contributed by atoms with E-state index < -0.39 is 5.97 Å². The molecule has 0 aliphatic carbocycles. The number of aromatic hydroxyl groups is 1. The number of carbonyl (C=O) groups is 2. The van der Waals surface area contributed by atoms with Gasteiger partial charge in [0.25, 0.3) is 0 Å². The Hall–Kier alpha value is -3.08. The van der Waals surface area contributed by atoms with Crippen molar-refractivity contribution in [3.8, 4) is 5.75 Å². The Labute approximate surface area is 138 Å². The maximum absolute atomic E-state index is 12.9. The first-order valence-electron chi connectivity index (χ1n) is 7.54. The van der Waals surface area contributed by atoms with E-state index >= 15 is 0 Å². The average Bonchev–Trinajstić information content (AvgIpc) is 2.90. The van der Waals surface area contributed by atoms with E-state index in [0.29, 0.717) is 22.1 Å². The largest absolute Gasteiger partial charge is 0.508 e.